The fourth-order valence-electron chi connectivity index (χ4n) is 2.11. The van der Waals surface area contributed by atoms with Gasteiger partial charge in [-0.15, -0.1) is 35.3 Å². The molecule has 0 aliphatic heterocycles. The molecule has 1 amide bonds. The molecule has 0 aliphatic rings. The number of primary amides is 1. The Balaban J connectivity index is 0.00000338. The number of amides is 1. The highest BCUT2D eigenvalue weighted by molar-refractivity contribution is 14.0. The number of thiazole rings is 1. The Labute approximate surface area is 174 Å². The summed E-state index contributed by atoms with van der Waals surface area (Å²) < 4.78 is 5.30. The largest absolute Gasteiger partial charge is 0.484 e. The van der Waals surface area contributed by atoms with Gasteiger partial charge in [0.25, 0.3) is 5.91 Å². The first-order chi connectivity index (χ1) is 12.1. The molecule has 0 aliphatic carbocycles. The Bertz CT molecular complexity index is 735. The van der Waals surface area contributed by atoms with Crippen molar-refractivity contribution in [3.63, 3.8) is 0 Å². The first kappa shape index (κ1) is 22.2. The summed E-state index contributed by atoms with van der Waals surface area (Å²) in [5, 5.41) is 7.62. The van der Waals surface area contributed by atoms with Crippen molar-refractivity contribution in [1.29, 1.82) is 0 Å². The van der Waals surface area contributed by atoms with Crippen LogP contribution in [0.4, 0.5) is 0 Å². The highest BCUT2D eigenvalue weighted by atomic mass is 127. The number of hydrogen-bond donors (Lipinski definition) is 3. The van der Waals surface area contributed by atoms with Crippen LogP contribution in [0.1, 0.15) is 15.4 Å². The van der Waals surface area contributed by atoms with Crippen LogP contribution in [0.25, 0.3) is 0 Å². The van der Waals surface area contributed by atoms with E-state index in [0.29, 0.717) is 12.3 Å². The van der Waals surface area contributed by atoms with E-state index in [0.717, 1.165) is 29.5 Å². The van der Waals surface area contributed by atoms with Gasteiger partial charge in [-0.25, -0.2) is 4.98 Å². The first-order valence-corrected chi connectivity index (χ1v) is 8.74. The van der Waals surface area contributed by atoms with E-state index in [1.54, 1.807) is 24.5 Å². The maximum atomic E-state index is 10.8. The molecule has 0 bridgehead atoms. The molecule has 0 radical (unpaired) electrons. The molecule has 1 aromatic carbocycles. The number of carbonyl (C=O) groups is 1. The third-order valence-electron chi connectivity index (χ3n) is 3.26. The van der Waals surface area contributed by atoms with Crippen molar-refractivity contribution in [2.45, 2.75) is 19.9 Å². The van der Waals surface area contributed by atoms with Gasteiger partial charge in [-0.2, -0.15) is 0 Å². The molecule has 142 valence electrons. The number of nitrogens with two attached hydrogens (primary N) is 1. The van der Waals surface area contributed by atoms with Gasteiger partial charge in [-0.3, -0.25) is 9.79 Å². The zero-order valence-electron chi connectivity index (χ0n) is 14.8. The van der Waals surface area contributed by atoms with Crippen LogP contribution in [0.5, 0.6) is 5.75 Å². The lowest BCUT2D eigenvalue weighted by atomic mass is 10.2. The Hall–Kier alpha value is -1.88. The molecule has 0 unspecified atom stereocenters. The molecule has 9 heteroatoms. The molecule has 0 spiro atoms. The van der Waals surface area contributed by atoms with E-state index < -0.39 is 5.91 Å². The van der Waals surface area contributed by atoms with Gasteiger partial charge < -0.3 is 21.1 Å². The van der Waals surface area contributed by atoms with Crippen LogP contribution in [-0.4, -0.2) is 37.1 Å². The lowest BCUT2D eigenvalue weighted by Gasteiger charge is -2.12. The van der Waals surface area contributed by atoms with Crippen LogP contribution in [0.2, 0.25) is 0 Å². The summed E-state index contributed by atoms with van der Waals surface area (Å²) in [6, 6.07) is 7.49. The zero-order valence-corrected chi connectivity index (χ0v) is 18.0. The third-order valence-corrected chi connectivity index (χ3v) is 4.24. The quantitative estimate of drug-likeness (QED) is 0.299. The van der Waals surface area contributed by atoms with E-state index in [1.165, 1.54) is 4.88 Å². The van der Waals surface area contributed by atoms with Crippen molar-refractivity contribution in [2.75, 3.05) is 20.2 Å². The SMILES string of the molecule is CN=C(NCCc1ncc(C)s1)NCc1cccc(OCC(N)=O)c1.I. The van der Waals surface area contributed by atoms with Crippen molar-refractivity contribution in [3.05, 3.63) is 45.9 Å². The fourth-order valence-corrected chi connectivity index (χ4v) is 2.90. The standard InChI is InChI=1S/C17H23N5O2S.HI/c1-12-9-21-16(25-12)6-7-20-17(19-2)22-10-13-4-3-5-14(8-13)24-11-15(18)23;/h3-5,8-9H,6-7,10-11H2,1-2H3,(H2,18,23)(H2,19,20,22);1H. The van der Waals surface area contributed by atoms with Crippen LogP contribution in [-0.2, 0) is 17.8 Å². The number of aliphatic imine (C=N–C) groups is 1. The van der Waals surface area contributed by atoms with Gasteiger partial charge in [0.1, 0.15) is 5.75 Å². The van der Waals surface area contributed by atoms with Gasteiger partial charge in [0.15, 0.2) is 12.6 Å². The van der Waals surface area contributed by atoms with Gasteiger partial charge in [0, 0.05) is 37.6 Å². The van der Waals surface area contributed by atoms with Crippen LogP contribution in [0.15, 0.2) is 35.5 Å². The summed E-state index contributed by atoms with van der Waals surface area (Å²) in [6.45, 7) is 3.27. The van der Waals surface area contributed by atoms with E-state index in [1.807, 2.05) is 24.4 Å². The highest BCUT2D eigenvalue weighted by Gasteiger charge is 2.03. The Morgan fingerprint density at radius 1 is 1.38 bits per heavy atom. The number of aromatic nitrogens is 1. The predicted octanol–water partition coefficient (Wildman–Crippen LogP) is 1.84. The number of hydrogen-bond acceptors (Lipinski definition) is 5. The van der Waals surface area contributed by atoms with E-state index >= 15 is 0 Å². The van der Waals surface area contributed by atoms with Gasteiger partial charge in [-0.05, 0) is 24.6 Å². The molecular formula is C17H24IN5O2S. The lowest BCUT2D eigenvalue weighted by molar-refractivity contribution is -0.119. The molecule has 2 rings (SSSR count). The second-order valence-corrected chi connectivity index (χ2v) is 6.69. The normalized spacial score (nSPS) is 10.8. The summed E-state index contributed by atoms with van der Waals surface area (Å²) >= 11 is 1.71. The molecule has 26 heavy (non-hydrogen) atoms. The van der Waals surface area contributed by atoms with Gasteiger partial charge in [0.05, 0.1) is 5.01 Å². The molecule has 0 saturated carbocycles. The minimum Gasteiger partial charge on any atom is -0.484 e. The summed E-state index contributed by atoms with van der Waals surface area (Å²) in [4.78, 5) is 20.5. The smallest absolute Gasteiger partial charge is 0.255 e. The number of rotatable bonds is 8. The van der Waals surface area contributed by atoms with Crippen LogP contribution in [0.3, 0.4) is 0 Å². The average Bonchev–Trinajstić information content (AvgIpc) is 3.01. The molecule has 0 atom stereocenters. The van der Waals surface area contributed by atoms with E-state index in [9.17, 15) is 4.79 Å². The highest BCUT2D eigenvalue weighted by Crippen LogP contribution is 2.13. The average molecular weight is 489 g/mol. The summed E-state index contributed by atoms with van der Waals surface area (Å²) in [7, 11) is 1.73. The number of nitrogens with one attached hydrogen (secondary N) is 2. The minimum absolute atomic E-state index is 0. The molecule has 0 saturated heterocycles. The number of halogens is 1. The number of nitrogens with zero attached hydrogens (tertiary/aromatic N) is 2. The third kappa shape index (κ3) is 8.00. The van der Waals surface area contributed by atoms with E-state index in [2.05, 4.69) is 27.5 Å². The van der Waals surface area contributed by atoms with Crippen molar-refractivity contribution in [2.24, 2.45) is 10.7 Å². The molecule has 0 fully saturated rings. The lowest BCUT2D eigenvalue weighted by Crippen LogP contribution is -2.37. The van der Waals surface area contributed by atoms with Crippen LogP contribution in [0, 0.1) is 6.92 Å². The maximum Gasteiger partial charge on any atom is 0.255 e. The number of aryl methyl sites for hydroxylation is 1. The summed E-state index contributed by atoms with van der Waals surface area (Å²) in [6.07, 6.45) is 2.75. The minimum atomic E-state index is -0.497. The number of ether oxygens (including phenoxy) is 1. The van der Waals surface area contributed by atoms with E-state index in [4.69, 9.17) is 10.5 Å². The van der Waals surface area contributed by atoms with Crippen molar-refractivity contribution in [1.82, 2.24) is 15.6 Å². The first-order valence-electron chi connectivity index (χ1n) is 7.92. The van der Waals surface area contributed by atoms with Gasteiger partial charge >= 0.3 is 0 Å². The van der Waals surface area contributed by atoms with Crippen LogP contribution >= 0.6 is 35.3 Å². The van der Waals surface area contributed by atoms with Crippen molar-refractivity contribution in [3.8, 4) is 5.75 Å². The monoisotopic (exact) mass is 489 g/mol. The second-order valence-electron chi connectivity index (χ2n) is 5.37. The number of guanidine groups is 1. The Morgan fingerprint density at radius 3 is 2.85 bits per heavy atom. The molecule has 1 aromatic heterocycles. The second kappa shape index (κ2) is 11.7. The van der Waals surface area contributed by atoms with Crippen molar-refractivity contribution < 1.29 is 9.53 Å². The summed E-state index contributed by atoms with van der Waals surface area (Å²) in [5.74, 6) is 0.834. The zero-order chi connectivity index (χ0) is 18.1. The molecule has 1 heterocycles. The van der Waals surface area contributed by atoms with Gasteiger partial charge in [0.2, 0.25) is 0 Å². The van der Waals surface area contributed by atoms with Crippen LogP contribution < -0.4 is 21.1 Å². The molecular weight excluding hydrogens is 465 g/mol. The molecule has 7 nitrogen and oxygen atoms in total. The Morgan fingerprint density at radius 2 is 2.19 bits per heavy atom. The Kier molecular flexibility index (Phi) is 9.96. The van der Waals surface area contributed by atoms with E-state index in [-0.39, 0.29) is 30.6 Å². The molecule has 4 N–H and O–H groups in total. The summed E-state index contributed by atoms with van der Waals surface area (Å²) in [5.41, 5.74) is 6.09. The van der Waals surface area contributed by atoms with Crippen molar-refractivity contribution >= 4 is 47.2 Å². The number of carbonyl (C=O) groups excluding carboxylic acids is 1. The fraction of sp³-hybridized carbons (Fsp3) is 0.353. The molecule has 2 aromatic rings. The number of benzene rings is 1. The topological polar surface area (TPSA) is 102 Å². The maximum absolute atomic E-state index is 10.8. The van der Waals surface area contributed by atoms with Gasteiger partial charge in [-0.1, -0.05) is 12.1 Å². The predicted molar refractivity (Wildman–Crippen MR) is 115 cm³/mol.